The Morgan fingerprint density at radius 3 is 2.52 bits per heavy atom. The summed E-state index contributed by atoms with van der Waals surface area (Å²) in [5.41, 5.74) is 2.23. The summed E-state index contributed by atoms with van der Waals surface area (Å²) in [6.45, 7) is 1.33. The van der Waals surface area contributed by atoms with E-state index in [-0.39, 0.29) is 23.4 Å². The minimum atomic E-state index is -0.232. The van der Waals surface area contributed by atoms with Crippen LogP contribution in [0.1, 0.15) is 28.9 Å². The molecule has 1 fully saturated rings. The van der Waals surface area contributed by atoms with Gasteiger partial charge >= 0.3 is 5.97 Å². The maximum absolute atomic E-state index is 13.6. The molecular weight excluding hydrogens is 420 g/mol. The lowest BCUT2D eigenvalue weighted by atomic mass is 9.97. The zero-order valence-corrected chi connectivity index (χ0v) is 18.3. The first-order valence-corrected chi connectivity index (χ1v) is 11.0. The molecule has 0 saturated carbocycles. The standard InChI is InChI=1S/C25H24N4O4/c1-33-25(32)18-10-13-27(14-11-18)24(31)20-15-19-22(29(20)16-17-7-3-2-4-8-17)26-21-9-5-6-12-28(21)23(19)30/h2-9,12,15,18H,10-11,13-14,16H2,1H3. The first-order chi connectivity index (χ1) is 16.1. The van der Waals surface area contributed by atoms with E-state index in [0.717, 1.165) is 5.56 Å². The highest BCUT2D eigenvalue weighted by Crippen LogP contribution is 2.24. The van der Waals surface area contributed by atoms with Crippen LogP contribution in [0.15, 0.2) is 65.6 Å². The minimum absolute atomic E-state index is 0.166. The predicted molar refractivity (Wildman–Crippen MR) is 123 cm³/mol. The number of carbonyl (C=O) groups excluding carboxylic acids is 2. The molecule has 1 amide bonds. The van der Waals surface area contributed by atoms with E-state index in [1.165, 1.54) is 11.5 Å². The number of aromatic nitrogens is 3. The molecule has 4 aromatic rings. The molecule has 168 valence electrons. The molecule has 1 saturated heterocycles. The molecule has 0 unspecified atom stereocenters. The number of piperidine rings is 1. The summed E-state index contributed by atoms with van der Waals surface area (Å²) in [5, 5.41) is 0.405. The average molecular weight is 444 g/mol. The third kappa shape index (κ3) is 3.77. The SMILES string of the molecule is COC(=O)C1CCN(C(=O)c2cc3c(=O)n4ccccc4nc3n2Cc2ccccc2)CC1. The second-order valence-electron chi connectivity index (χ2n) is 8.27. The fraction of sp³-hybridized carbons (Fsp3) is 0.280. The number of ether oxygens (including phenoxy) is 1. The van der Waals surface area contributed by atoms with Gasteiger partial charge in [0.15, 0.2) is 0 Å². The van der Waals surface area contributed by atoms with E-state index in [1.54, 1.807) is 29.3 Å². The van der Waals surface area contributed by atoms with Crippen LogP contribution in [0.25, 0.3) is 16.7 Å². The first-order valence-electron chi connectivity index (χ1n) is 11.0. The Balaban J connectivity index is 1.58. The fourth-order valence-corrected chi connectivity index (χ4v) is 4.50. The van der Waals surface area contributed by atoms with Crippen LogP contribution in [0.3, 0.4) is 0 Å². The lowest BCUT2D eigenvalue weighted by Crippen LogP contribution is -2.41. The fourth-order valence-electron chi connectivity index (χ4n) is 4.50. The summed E-state index contributed by atoms with van der Waals surface area (Å²) >= 11 is 0. The van der Waals surface area contributed by atoms with Gasteiger partial charge in [-0.15, -0.1) is 0 Å². The molecule has 0 radical (unpaired) electrons. The third-order valence-electron chi connectivity index (χ3n) is 6.30. The lowest BCUT2D eigenvalue weighted by molar-refractivity contribution is -0.146. The molecule has 3 aromatic heterocycles. The molecule has 0 atom stereocenters. The molecule has 8 heteroatoms. The van der Waals surface area contributed by atoms with Gasteiger partial charge in [-0.2, -0.15) is 0 Å². The van der Waals surface area contributed by atoms with Gasteiger partial charge in [0, 0.05) is 25.8 Å². The molecule has 0 aliphatic carbocycles. The van der Waals surface area contributed by atoms with Crippen LogP contribution in [0, 0.1) is 5.92 Å². The van der Waals surface area contributed by atoms with Crippen LogP contribution < -0.4 is 5.56 Å². The number of rotatable bonds is 4. The molecule has 1 aromatic carbocycles. The molecule has 33 heavy (non-hydrogen) atoms. The summed E-state index contributed by atoms with van der Waals surface area (Å²) in [7, 11) is 1.39. The maximum Gasteiger partial charge on any atom is 0.308 e. The number of fused-ring (bicyclic) bond motifs is 2. The van der Waals surface area contributed by atoms with Crippen LogP contribution in [0.5, 0.6) is 0 Å². The van der Waals surface area contributed by atoms with Crippen molar-refractivity contribution in [3.05, 3.63) is 82.4 Å². The second-order valence-corrected chi connectivity index (χ2v) is 8.27. The largest absolute Gasteiger partial charge is 0.469 e. The third-order valence-corrected chi connectivity index (χ3v) is 6.30. The van der Waals surface area contributed by atoms with Gasteiger partial charge in [-0.3, -0.25) is 18.8 Å². The molecule has 4 heterocycles. The number of methoxy groups -OCH3 is 1. The number of pyridine rings is 1. The zero-order chi connectivity index (χ0) is 22.9. The van der Waals surface area contributed by atoms with Gasteiger partial charge in [-0.05, 0) is 36.6 Å². The summed E-state index contributed by atoms with van der Waals surface area (Å²) in [6.07, 6.45) is 2.79. The molecule has 5 rings (SSSR count). The number of esters is 1. The highest BCUT2D eigenvalue weighted by atomic mass is 16.5. The van der Waals surface area contributed by atoms with Gasteiger partial charge in [0.05, 0.1) is 18.4 Å². The van der Waals surface area contributed by atoms with E-state index >= 15 is 0 Å². The van der Waals surface area contributed by atoms with E-state index in [9.17, 15) is 14.4 Å². The Labute approximate surface area is 190 Å². The van der Waals surface area contributed by atoms with Crippen molar-refractivity contribution in [1.82, 2.24) is 18.9 Å². The van der Waals surface area contributed by atoms with E-state index in [2.05, 4.69) is 0 Å². The van der Waals surface area contributed by atoms with Crippen molar-refractivity contribution in [3.8, 4) is 0 Å². The highest BCUT2D eigenvalue weighted by molar-refractivity contribution is 5.98. The molecular formula is C25H24N4O4. The van der Waals surface area contributed by atoms with Crippen LogP contribution in [0.4, 0.5) is 0 Å². The molecule has 0 bridgehead atoms. The number of likely N-dealkylation sites (tertiary alicyclic amines) is 1. The molecule has 1 aliphatic rings. The number of nitrogens with zero attached hydrogens (tertiary/aromatic N) is 4. The topological polar surface area (TPSA) is 85.9 Å². The Kier molecular flexibility index (Phi) is 5.42. The van der Waals surface area contributed by atoms with Gasteiger partial charge in [-0.25, -0.2) is 4.98 Å². The highest BCUT2D eigenvalue weighted by Gasteiger charge is 2.30. The molecule has 0 N–H and O–H groups in total. The van der Waals surface area contributed by atoms with E-state index in [1.807, 2.05) is 41.0 Å². The summed E-state index contributed by atoms with van der Waals surface area (Å²) in [4.78, 5) is 45.1. The Morgan fingerprint density at radius 2 is 1.79 bits per heavy atom. The maximum atomic E-state index is 13.6. The minimum Gasteiger partial charge on any atom is -0.469 e. The van der Waals surface area contributed by atoms with Crippen LogP contribution >= 0.6 is 0 Å². The van der Waals surface area contributed by atoms with E-state index < -0.39 is 0 Å². The molecule has 8 nitrogen and oxygen atoms in total. The van der Waals surface area contributed by atoms with Gasteiger partial charge in [0.25, 0.3) is 11.5 Å². The summed E-state index contributed by atoms with van der Waals surface area (Å²) < 4.78 is 8.17. The van der Waals surface area contributed by atoms with Crippen molar-refractivity contribution in [2.24, 2.45) is 5.92 Å². The number of benzene rings is 1. The Morgan fingerprint density at radius 1 is 1.06 bits per heavy atom. The van der Waals surface area contributed by atoms with Crippen molar-refractivity contribution in [2.75, 3.05) is 20.2 Å². The van der Waals surface area contributed by atoms with Crippen molar-refractivity contribution in [1.29, 1.82) is 0 Å². The smallest absolute Gasteiger partial charge is 0.308 e. The summed E-state index contributed by atoms with van der Waals surface area (Å²) in [6, 6.07) is 16.8. The van der Waals surface area contributed by atoms with Crippen molar-refractivity contribution >= 4 is 28.6 Å². The number of amides is 1. The zero-order valence-electron chi connectivity index (χ0n) is 18.3. The van der Waals surface area contributed by atoms with E-state index in [0.29, 0.717) is 54.9 Å². The van der Waals surface area contributed by atoms with Gasteiger partial charge in [-0.1, -0.05) is 36.4 Å². The van der Waals surface area contributed by atoms with Gasteiger partial charge in [0.2, 0.25) is 0 Å². The van der Waals surface area contributed by atoms with Crippen LogP contribution in [-0.2, 0) is 16.1 Å². The number of hydrogen-bond acceptors (Lipinski definition) is 5. The second kappa shape index (κ2) is 8.54. The average Bonchev–Trinajstić information content (AvgIpc) is 3.22. The predicted octanol–water partition coefficient (Wildman–Crippen LogP) is 2.72. The van der Waals surface area contributed by atoms with Crippen molar-refractivity contribution in [2.45, 2.75) is 19.4 Å². The lowest BCUT2D eigenvalue weighted by Gasteiger charge is -2.31. The van der Waals surface area contributed by atoms with Crippen LogP contribution in [0.2, 0.25) is 0 Å². The quantitative estimate of drug-likeness (QED) is 0.452. The molecule has 1 aliphatic heterocycles. The van der Waals surface area contributed by atoms with E-state index in [4.69, 9.17) is 9.72 Å². The van der Waals surface area contributed by atoms with Crippen molar-refractivity contribution < 1.29 is 14.3 Å². The number of carbonyl (C=O) groups is 2. The van der Waals surface area contributed by atoms with Gasteiger partial charge < -0.3 is 14.2 Å². The first kappa shape index (κ1) is 20.9. The Bertz CT molecular complexity index is 1400. The summed E-state index contributed by atoms with van der Waals surface area (Å²) in [5.74, 6) is -0.587. The molecule has 0 spiro atoms. The number of hydrogen-bond donors (Lipinski definition) is 0. The Hall–Kier alpha value is -3.94. The monoisotopic (exact) mass is 444 g/mol. The van der Waals surface area contributed by atoms with Crippen LogP contribution in [-0.4, -0.2) is 50.9 Å². The van der Waals surface area contributed by atoms with Crippen molar-refractivity contribution in [3.63, 3.8) is 0 Å². The van der Waals surface area contributed by atoms with Gasteiger partial charge in [0.1, 0.15) is 17.0 Å². The normalized spacial score (nSPS) is 14.6.